The van der Waals surface area contributed by atoms with Crippen LogP contribution in [-0.4, -0.2) is 40.1 Å². The molecule has 0 radical (unpaired) electrons. The molecule has 1 fully saturated rings. The smallest absolute Gasteiger partial charge is 0.229 e. The van der Waals surface area contributed by atoms with E-state index in [2.05, 4.69) is 36.4 Å². The summed E-state index contributed by atoms with van der Waals surface area (Å²) in [6.45, 7) is 0.837. The SMILES string of the molecule is O=C(NCCc1ccccn1)C1CC(=O)N(c2n[nH]c3cc(Br)ccc23)C1. The number of anilines is 1. The van der Waals surface area contributed by atoms with E-state index in [1.807, 2.05) is 36.4 Å². The standard InChI is InChI=1S/C19H18BrN5O2/c20-13-4-5-15-16(10-13)23-24-18(15)25-11-12(9-17(25)26)19(27)22-8-6-14-3-1-2-7-21-14/h1-5,7,10,12H,6,8-9,11H2,(H,22,27)(H,23,24). The molecule has 0 saturated carbocycles. The molecule has 2 aromatic heterocycles. The summed E-state index contributed by atoms with van der Waals surface area (Å²) in [5, 5.41) is 11.0. The molecule has 0 bridgehead atoms. The van der Waals surface area contributed by atoms with Gasteiger partial charge in [-0.15, -0.1) is 0 Å². The van der Waals surface area contributed by atoms with Gasteiger partial charge in [0.1, 0.15) is 0 Å². The third-order valence-corrected chi connectivity index (χ3v) is 5.16. The van der Waals surface area contributed by atoms with Crippen LogP contribution in [0.4, 0.5) is 5.82 Å². The van der Waals surface area contributed by atoms with Crippen LogP contribution < -0.4 is 10.2 Å². The number of aromatic nitrogens is 3. The fourth-order valence-electron chi connectivity index (χ4n) is 3.28. The Morgan fingerprint density at radius 1 is 1.33 bits per heavy atom. The van der Waals surface area contributed by atoms with Gasteiger partial charge < -0.3 is 5.32 Å². The van der Waals surface area contributed by atoms with Crippen molar-refractivity contribution >= 4 is 44.5 Å². The van der Waals surface area contributed by atoms with E-state index in [1.54, 1.807) is 11.1 Å². The van der Waals surface area contributed by atoms with E-state index >= 15 is 0 Å². The van der Waals surface area contributed by atoms with Crippen LogP contribution in [0.25, 0.3) is 10.9 Å². The van der Waals surface area contributed by atoms with Crippen molar-refractivity contribution in [3.63, 3.8) is 0 Å². The largest absolute Gasteiger partial charge is 0.355 e. The first-order chi connectivity index (χ1) is 13.1. The Bertz CT molecular complexity index is 988. The minimum absolute atomic E-state index is 0.0869. The molecule has 1 aromatic carbocycles. The maximum atomic E-state index is 12.5. The molecule has 7 nitrogen and oxygen atoms in total. The minimum atomic E-state index is -0.372. The van der Waals surface area contributed by atoms with E-state index in [9.17, 15) is 9.59 Å². The number of carbonyl (C=O) groups is 2. The number of hydrogen-bond donors (Lipinski definition) is 2. The summed E-state index contributed by atoms with van der Waals surface area (Å²) >= 11 is 3.42. The van der Waals surface area contributed by atoms with E-state index < -0.39 is 0 Å². The zero-order valence-corrected chi connectivity index (χ0v) is 16.1. The van der Waals surface area contributed by atoms with Crippen molar-refractivity contribution in [3.05, 3.63) is 52.8 Å². The van der Waals surface area contributed by atoms with Gasteiger partial charge in [0, 0.05) is 47.7 Å². The van der Waals surface area contributed by atoms with Crippen molar-refractivity contribution in [1.82, 2.24) is 20.5 Å². The number of benzene rings is 1. The number of carbonyl (C=O) groups excluding carboxylic acids is 2. The zero-order chi connectivity index (χ0) is 18.8. The fourth-order valence-corrected chi connectivity index (χ4v) is 3.64. The Balaban J connectivity index is 1.40. The fraction of sp³-hybridized carbons (Fsp3) is 0.263. The number of hydrogen-bond acceptors (Lipinski definition) is 4. The molecule has 1 aliphatic rings. The molecule has 138 valence electrons. The van der Waals surface area contributed by atoms with Crippen LogP contribution in [0.15, 0.2) is 47.1 Å². The highest BCUT2D eigenvalue weighted by molar-refractivity contribution is 9.10. The lowest BCUT2D eigenvalue weighted by Crippen LogP contribution is -2.34. The van der Waals surface area contributed by atoms with Crippen molar-refractivity contribution in [2.75, 3.05) is 18.0 Å². The number of aromatic amines is 1. The Morgan fingerprint density at radius 2 is 2.22 bits per heavy atom. The maximum absolute atomic E-state index is 12.5. The lowest BCUT2D eigenvalue weighted by atomic mass is 10.1. The van der Waals surface area contributed by atoms with Gasteiger partial charge in [-0.2, -0.15) is 5.10 Å². The molecule has 1 unspecified atom stereocenters. The molecule has 0 aliphatic carbocycles. The molecular weight excluding hydrogens is 410 g/mol. The van der Waals surface area contributed by atoms with Gasteiger partial charge in [0.15, 0.2) is 5.82 Å². The van der Waals surface area contributed by atoms with Crippen LogP contribution in [0.2, 0.25) is 0 Å². The van der Waals surface area contributed by atoms with Gasteiger partial charge in [-0.1, -0.05) is 22.0 Å². The van der Waals surface area contributed by atoms with Crippen molar-refractivity contribution < 1.29 is 9.59 Å². The number of nitrogens with one attached hydrogen (secondary N) is 2. The molecular formula is C19H18BrN5O2. The topological polar surface area (TPSA) is 91.0 Å². The predicted molar refractivity (Wildman–Crippen MR) is 105 cm³/mol. The van der Waals surface area contributed by atoms with Crippen LogP contribution in [-0.2, 0) is 16.0 Å². The van der Waals surface area contributed by atoms with Crippen molar-refractivity contribution in [3.8, 4) is 0 Å². The maximum Gasteiger partial charge on any atom is 0.229 e. The number of pyridine rings is 1. The third-order valence-electron chi connectivity index (χ3n) is 4.66. The quantitative estimate of drug-likeness (QED) is 0.653. The van der Waals surface area contributed by atoms with Crippen LogP contribution in [0.3, 0.4) is 0 Å². The summed E-state index contributed by atoms with van der Waals surface area (Å²) in [7, 11) is 0. The molecule has 2 amide bonds. The van der Waals surface area contributed by atoms with E-state index in [4.69, 9.17) is 0 Å². The molecule has 8 heteroatoms. The van der Waals surface area contributed by atoms with Gasteiger partial charge in [-0.05, 0) is 30.3 Å². The van der Waals surface area contributed by atoms with Gasteiger partial charge in [-0.3, -0.25) is 24.6 Å². The molecule has 1 saturated heterocycles. The summed E-state index contributed by atoms with van der Waals surface area (Å²) in [5.41, 5.74) is 1.77. The number of rotatable bonds is 5. The summed E-state index contributed by atoms with van der Waals surface area (Å²) < 4.78 is 0.933. The number of nitrogens with zero attached hydrogens (tertiary/aromatic N) is 3. The van der Waals surface area contributed by atoms with Crippen molar-refractivity contribution in [2.24, 2.45) is 5.92 Å². The average molecular weight is 428 g/mol. The molecule has 1 atom stereocenters. The van der Waals surface area contributed by atoms with Crippen LogP contribution in [0.5, 0.6) is 0 Å². The normalized spacial score (nSPS) is 16.9. The van der Waals surface area contributed by atoms with E-state index in [-0.39, 0.29) is 24.2 Å². The second kappa shape index (κ2) is 7.48. The average Bonchev–Trinajstić information content (AvgIpc) is 3.25. The first-order valence-corrected chi connectivity index (χ1v) is 9.53. The summed E-state index contributed by atoms with van der Waals surface area (Å²) in [5.74, 6) is 0.00952. The predicted octanol–water partition coefficient (Wildman–Crippen LogP) is 2.43. The second-order valence-corrected chi connectivity index (χ2v) is 7.42. The van der Waals surface area contributed by atoms with Gasteiger partial charge in [0.2, 0.25) is 11.8 Å². The van der Waals surface area contributed by atoms with E-state index in [1.165, 1.54) is 0 Å². The molecule has 2 N–H and O–H groups in total. The molecule has 1 aliphatic heterocycles. The van der Waals surface area contributed by atoms with Gasteiger partial charge in [0.25, 0.3) is 0 Å². The molecule has 4 rings (SSSR count). The first kappa shape index (κ1) is 17.7. The Hall–Kier alpha value is -2.74. The monoisotopic (exact) mass is 427 g/mol. The summed E-state index contributed by atoms with van der Waals surface area (Å²) in [6, 6.07) is 11.4. The summed E-state index contributed by atoms with van der Waals surface area (Å²) in [4.78, 5) is 30.8. The van der Waals surface area contributed by atoms with E-state index in [0.29, 0.717) is 25.3 Å². The first-order valence-electron chi connectivity index (χ1n) is 8.73. The highest BCUT2D eigenvalue weighted by Gasteiger charge is 2.36. The van der Waals surface area contributed by atoms with E-state index in [0.717, 1.165) is 21.1 Å². The lowest BCUT2D eigenvalue weighted by molar-refractivity contribution is -0.126. The zero-order valence-electron chi connectivity index (χ0n) is 14.5. The van der Waals surface area contributed by atoms with Crippen LogP contribution in [0, 0.1) is 5.92 Å². The minimum Gasteiger partial charge on any atom is -0.355 e. The van der Waals surface area contributed by atoms with Crippen LogP contribution in [0.1, 0.15) is 12.1 Å². The Morgan fingerprint density at radius 3 is 3.04 bits per heavy atom. The molecule has 3 heterocycles. The van der Waals surface area contributed by atoms with Gasteiger partial charge in [-0.25, -0.2) is 0 Å². The number of fused-ring (bicyclic) bond motifs is 1. The third kappa shape index (κ3) is 3.71. The number of amides is 2. The number of H-pyrrole nitrogens is 1. The Labute approximate surface area is 164 Å². The second-order valence-electron chi connectivity index (χ2n) is 6.50. The lowest BCUT2D eigenvalue weighted by Gasteiger charge is -2.14. The summed E-state index contributed by atoms with van der Waals surface area (Å²) in [6.07, 6.45) is 2.59. The van der Waals surface area contributed by atoms with Crippen molar-refractivity contribution in [2.45, 2.75) is 12.8 Å². The number of halogens is 1. The Kier molecular flexibility index (Phi) is 4.89. The van der Waals surface area contributed by atoms with Gasteiger partial charge in [0.05, 0.1) is 11.4 Å². The molecule has 3 aromatic rings. The molecule has 0 spiro atoms. The van der Waals surface area contributed by atoms with Crippen molar-refractivity contribution in [1.29, 1.82) is 0 Å². The highest BCUT2D eigenvalue weighted by atomic mass is 79.9. The molecule has 27 heavy (non-hydrogen) atoms. The van der Waals surface area contributed by atoms with Gasteiger partial charge >= 0.3 is 0 Å². The van der Waals surface area contributed by atoms with Crippen LogP contribution >= 0.6 is 15.9 Å². The highest BCUT2D eigenvalue weighted by Crippen LogP contribution is 2.31.